The number of hydrogen-bond acceptors (Lipinski definition) is 4. The molecule has 21 heavy (non-hydrogen) atoms. The quantitative estimate of drug-likeness (QED) is 0.553. The van der Waals surface area contributed by atoms with E-state index >= 15 is 0 Å². The summed E-state index contributed by atoms with van der Waals surface area (Å²) in [5, 5.41) is 11.0. The van der Waals surface area contributed by atoms with Gasteiger partial charge in [-0.3, -0.25) is 14.9 Å². The van der Waals surface area contributed by atoms with Gasteiger partial charge in [0.15, 0.2) is 0 Å². The number of nitro groups is 1. The maximum Gasteiger partial charge on any atom is 0.284 e. The minimum atomic E-state index is -0.510. The van der Waals surface area contributed by atoms with Gasteiger partial charge in [0, 0.05) is 25.8 Å². The lowest BCUT2D eigenvalue weighted by Gasteiger charge is -2.28. The summed E-state index contributed by atoms with van der Waals surface area (Å²) in [5.74, 6) is -0.239. The highest BCUT2D eigenvalue weighted by atomic mass is 79.9. The number of methoxy groups -OCH3 is 1. The molecule has 0 aromatic heterocycles. The van der Waals surface area contributed by atoms with Crippen LogP contribution in [-0.2, 0) is 4.74 Å². The van der Waals surface area contributed by atoms with Crippen molar-refractivity contribution in [3.63, 3.8) is 0 Å². The Kier molecular flexibility index (Phi) is 6.77. The van der Waals surface area contributed by atoms with Crippen LogP contribution < -0.4 is 0 Å². The van der Waals surface area contributed by atoms with Crippen LogP contribution in [0.2, 0.25) is 0 Å². The molecule has 0 bridgehead atoms. The predicted octanol–water partition coefficient (Wildman–Crippen LogP) is 3.24. The Bertz CT molecular complexity index is 522. The maximum absolute atomic E-state index is 12.7. The zero-order valence-corrected chi connectivity index (χ0v) is 13.9. The molecule has 0 heterocycles. The van der Waals surface area contributed by atoms with Crippen LogP contribution >= 0.6 is 15.9 Å². The van der Waals surface area contributed by atoms with Gasteiger partial charge in [-0.1, -0.05) is 13.0 Å². The average molecular weight is 359 g/mol. The highest BCUT2D eigenvalue weighted by Crippen LogP contribution is 2.29. The summed E-state index contributed by atoms with van der Waals surface area (Å²) in [4.78, 5) is 24.8. The number of nitro benzene ring substituents is 1. The molecular formula is C14H19BrN2O4. The normalized spacial score (nSPS) is 12.0. The Morgan fingerprint density at radius 1 is 1.52 bits per heavy atom. The number of carbonyl (C=O) groups excluding carboxylic acids is 1. The van der Waals surface area contributed by atoms with Crippen molar-refractivity contribution < 1.29 is 14.5 Å². The summed E-state index contributed by atoms with van der Waals surface area (Å²) >= 11 is 3.17. The van der Waals surface area contributed by atoms with E-state index < -0.39 is 4.92 Å². The minimum Gasteiger partial charge on any atom is -0.383 e. The molecule has 0 radical (unpaired) electrons. The lowest BCUT2D eigenvalue weighted by molar-refractivity contribution is -0.385. The molecule has 116 valence electrons. The first-order valence-electron chi connectivity index (χ1n) is 6.66. The summed E-state index contributed by atoms with van der Waals surface area (Å²) < 4.78 is 5.25. The lowest BCUT2D eigenvalue weighted by atomic mass is 10.1. The molecule has 0 aliphatic carbocycles. The Morgan fingerprint density at radius 3 is 2.71 bits per heavy atom. The topological polar surface area (TPSA) is 72.7 Å². The molecule has 7 heteroatoms. The molecule has 1 atom stereocenters. The van der Waals surface area contributed by atoms with Crippen molar-refractivity contribution in [2.24, 2.45) is 0 Å². The second-order valence-electron chi connectivity index (χ2n) is 4.64. The lowest BCUT2D eigenvalue weighted by Crippen LogP contribution is -2.40. The summed E-state index contributed by atoms with van der Waals surface area (Å²) in [5.41, 5.74) is 0.178. The number of benzene rings is 1. The Balaban J connectivity index is 3.14. The Morgan fingerprint density at radius 2 is 2.19 bits per heavy atom. The van der Waals surface area contributed by atoms with Gasteiger partial charge in [-0.25, -0.2) is 0 Å². The number of halogens is 1. The third kappa shape index (κ3) is 4.25. The van der Waals surface area contributed by atoms with Gasteiger partial charge in [0.25, 0.3) is 11.6 Å². The van der Waals surface area contributed by atoms with Gasteiger partial charge in [0.2, 0.25) is 0 Å². The second kappa shape index (κ2) is 8.09. The molecule has 0 aliphatic heterocycles. The third-order valence-corrected chi connectivity index (χ3v) is 4.16. The van der Waals surface area contributed by atoms with E-state index in [1.54, 1.807) is 18.1 Å². The van der Waals surface area contributed by atoms with Gasteiger partial charge in [-0.05, 0) is 35.3 Å². The second-order valence-corrected chi connectivity index (χ2v) is 5.44. The Labute approximate surface area is 132 Å². The van der Waals surface area contributed by atoms with Crippen LogP contribution in [0.25, 0.3) is 0 Å². The number of carbonyl (C=O) groups is 1. The SMILES string of the molecule is CCC(C)N(CCOC)C(=O)c1cccc([N+](=O)[O-])c1Br. The minimum absolute atomic E-state index is 0.0267. The molecule has 1 amide bonds. The molecule has 1 aromatic rings. The molecule has 0 N–H and O–H groups in total. The molecule has 1 rings (SSSR count). The van der Waals surface area contributed by atoms with Gasteiger partial charge >= 0.3 is 0 Å². The van der Waals surface area contributed by atoms with Crippen molar-refractivity contribution in [2.45, 2.75) is 26.3 Å². The van der Waals surface area contributed by atoms with E-state index in [1.165, 1.54) is 12.1 Å². The number of amides is 1. The number of rotatable bonds is 7. The van der Waals surface area contributed by atoms with Crippen molar-refractivity contribution in [1.29, 1.82) is 0 Å². The molecule has 0 fully saturated rings. The predicted molar refractivity (Wildman–Crippen MR) is 83.5 cm³/mol. The zero-order valence-electron chi connectivity index (χ0n) is 12.3. The number of ether oxygens (including phenoxy) is 1. The molecule has 0 aliphatic rings. The summed E-state index contributed by atoms with van der Waals surface area (Å²) in [6.07, 6.45) is 0.794. The van der Waals surface area contributed by atoms with E-state index in [1.807, 2.05) is 13.8 Å². The van der Waals surface area contributed by atoms with Crippen molar-refractivity contribution in [2.75, 3.05) is 20.3 Å². The smallest absolute Gasteiger partial charge is 0.284 e. The molecular weight excluding hydrogens is 340 g/mol. The first kappa shape index (κ1) is 17.6. The average Bonchev–Trinajstić information content (AvgIpc) is 2.46. The molecule has 0 saturated heterocycles. The fourth-order valence-electron chi connectivity index (χ4n) is 1.91. The maximum atomic E-state index is 12.7. The van der Waals surface area contributed by atoms with Crippen molar-refractivity contribution >= 4 is 27.5 Å². The van der Waals surface area contributed by atoms with Crippen molar-refractivity contribution in [3.8, 4) is 0 Å². The fourth-order valence-corrected chi connectivity index (χ4v) is 2.49. The van der Waals surface area contributed by atoms with E-state index in [9.17, 15) is 14.9 Å². The highest BCUT2D eigenvalue weighted by Gasteiger charge is 2.25. The van der Waals surface area contributed by atoms with Crippen LogP contribution in [0.4, 0.5) is 5.69 Å². The number of hydrogen-bond donors (Lipinski definition) is 0. The molecule has 0 spiro atoms. The zero-order chi connectivity index (χ0) is 16.0. The largest absolute Gasteiger partial charge is 0.383 e. The van der Waals surface area contributed by atoms with Crippen LogP contribution in [0.5, 0.6) is 0 Å². The van der Waals surface area contributed by atoms with Gasteiger partial charge in [0.05, 0.1) is 17.1 Å². The standard InChI is InChI=1S/C14H19BrN2O4/c1-4-10(2)16(8-9-21-3)14(18)11-6-5-7-12(13(11)15)17(19)20/h5-7,10H,4,8-9H2,1-3H3. The number of nitrogens with zero attached hydrogens (tertiary/aromatic N) is 2. The monoisotopic (exact) mass is 358 g/mol. The van der Waals surface area contributed by atoms with E-state index in [2.05, 4.69) is 15.9 Å². The van der Waals surface area contributed by atoms with Gasteiger partial charge in [-0.15, -0.1) is 0 Å². The molecule has 6 nitrogen and oxygen atoms in total. The molecule has 1 unspecified atom stereocenters. The van der Waals surface area contributed by atoms with E-state index in [-0.39, 0.29) is 22.1 Å². The third-order valence-electron chi connectivity index (χ3n) is 3.33. The summed E-state index contributed by atoms with van der Waals surface area (Å²) in [7, 11) is 1.57. The van der Waals surface area contributed by atoms with Crippen LogP contribution in [-0.4, -0.2) is 42.0 Å². The van der Waals surface area contributed by atoms with Crippen LogP contribution in [0.3, 0.4) is 0 Å². The van der Waals surface area contributed by atoms with Crippen molar-refractivity contribution in [3.05, 3.63) is 38.3 Å². The van der Waals surface area contributed by atoms with E-state index in [0.29, 0.717) is 18.7 Å². The van der Waals surface area contributed by atoms with Gasteiger partial charge in [-0.2, -0.15) is 0 Å². The van der Waals surface area contributed by atoms with Gasteiger partial charge < -0.3 is 9.64 Å². The molecule has 1 aromatic carbocycles. The van der Waals surface area contributed by atoms with Crippen LogP contribution in [0.15, 0.2) is 22.7 Å². The highest BCUT2D eigenvalue weighted by molar-refractivity contribution is 9.10. The fraction of sp³-hybridized carbons (Fsp3) is 0.500. The summed E-state index contributed by atoms with van der Waals surface area (Å²) in [6, 6.07) is 4.49. The first-order valence-corrected chi connectivity index (χ1v) is 7.46. The molecule has 0 saturated carbocycles. The first-order chi connectivity index (χ1) is 9.93. The van der Waals surface area contributed by atoms with Gasteiger partial charge in [0.1, 0.15) is 4.47 Å². The van der Waals surface area contributed by atoms with Crippen LogP contribution in [0, 0.1) is 10.1 Å². The van der Waals surface area contributed by atoms with Crippen molar-refractivity contribution in [1.82, 2.24) is 4.90 Å². The Hall–Kier alpha value is -1.47. The van der Waals surface area contributed by atoms with Crippen LogP contribution in [0.1, 0.15) is 30.6 Å². The van der Waals surface area contributed by atoms with E-state index in [4.69, 9.17) is 4.74 Å². The van der Waals surface area contributed by atoms with E-state index in [0.717, 1.165) is 6.42 Å². The summed E-state index contributed by atoms with van der Waals surface area (Å²) in [6.45, 7) is 4.79.